The first-order chi connectivity index (χ1) is 7.18. The van der Waals surface area contributed by atoms with Crippen molar-refractivity contribution in [1.82, 2.24) is 8.75 Å². The molecule has 5 heteroatoms. The number of halogens is 1. The summed E-state index contributed by atoms with van der Waals surface area (Å²) in [6.07, 6.45) is 1.64. The third-order valence-corrected chi connectivity index (χ3v) is 2.76. The SMILES string of the molecule is Cc1cc(F)ccc1C(N)c1cnsn1. The van der Waals surface area contributed by atoms with E-state index < -0.39 is 0 Å². The molecule has 0 bridgehead atoms. The van der Waals surface area contributed by atoms with Gasteiger partial charge >= 0.3 is 0 Å². The van der Waals surface area contributed by atoms with Gasteiger partial charge in [0, 0.05) is 0 Å². The van der Waals surface area contributed by atoms with Crippen LogP contribution in [-0.4, -0.2) is 8.75 Å². The Morgan fingerprint density at radius 1 is 1.47 bits per heavy atom. The van der Waals surface area contributed by atoms with Gasteiger partial charge in [0.1, 0.15) is 5.82 Å². The van der Waals surface area contributed by atoms with Crippen LogP contribution in [0, 0.1) is 12.7 Å². The summed E-state index contributed by atoms with van der Waals surface area (Å²) in [6, 6.07) is 4.23. The van der Waals surface area contributed by atoms with Crippen molar-refractivity contribution in [1.29, 1.82) is 0 Å². The van der Waals surface area contributed by atoms with Gasteiger partial charge in [0.15, 0.2) is 0 Å². The second-order valence-corrected chi connectivity index (χ2v) is 3.87. The second kappa shape index (κ2) is 4.04. The number of rotatable bonds is 2. The maximum atomic E-state index is 12.9. The molecule has 1 heterocycles. The van der Waals surface area contributed by atoms with Crippen molar-refractivity contribution < 1.29 is 4.39 Å². The average molecular weight is 223 g/mol. The molecule has 2 N–H and O–H groups in total. The quantitative estimate of drug-likeness (QED) is 0.847. The summed E-state index contributed by atoms with van der Waals surface area (Å²) in [7, 11) is 0. The van der Waals surface area contributed by atoms with Crippen molar-refractivity contribution >= 4 is 11.7 Å². The highest BCUT2D eigenvalue weighted by Gasteiger charge is 2.13. The van der Waals surface area contributed by atoms with Crippen LogP contribution in [0.5, 0.6) is 0 Å². The minimum Gasteiger partial charge on any atom is -0.319 e. The number of nitrogens with two attached hydrogens (primary N) is 1. The van der Waals surface area contributed by atoms with E-state index in [0.717, 1.165) is 28.5 Å². The van der Waals surface area contributed by atoms with Crippen molar-refractivity contribution in [2.75, 3.05) is 0 Å². The predicted molar refractivity (Wildman–Crippen MR) is 57.1 cm³/mol. The maximum absolute atomic E-state index is 12.9. The highest BCUT2D eigenvalue weighted by Crippen LogP contribution is 2.21. The third-order valence-electron chi connectivity index (χ3n) is 2.26. The minimum absolute atomic E-state index is 0.250. The van der Waals surface area contributed by atoms with Gasteiger partial charge in [-0.25, -0.2) is 4.39 Å². The Bertz CT molecular complexity index is 456. The number of hydrogen-bond acceptors (Lipinski definition) is 4. The lowest BCUT2D eigenvalue weighted by Crippen LogP contribution is -2.13. The van der Waals surface area contributed by atoms with Crippen molar-refractivity contribution in [2.45, 2.75) is 13.0 Å². The Kier molecular flexibility index (Phi) is 2.75. The van der Waals surface area contributed by atoms with Crippen LogP contribution in [0.15, 0.2) is 24.4 Å². The summed E-state index contributed by atoms with van der Waals surface area (Å²) >= 11 is 1.12. The van der Waals surface area contributed by atoms with Gasteiger partial charge in [-0.3, -0.25) is 0 Å². The van der Waals surface area contributed by atoms with E-state index in [2.05, 4.69) is 8.75 Å². The topological polar surface area (TPSA) is 51.8 Å². The lowest BCUT2D eigenvalue weighted by atomic mass is 10.00. The smallest absolute Gasteiger partial charge is 0.123 e. The van der Waals surface area contributed by atoms with Crippen molar-refractivity contribution in [3.63, 3.8) is 0 Å². The van der Waals surface area contributed by atoms with E-state index in [1.165, 1.54) is 12.1 Å². The van der Waals surface area contributed by atoms with Crippen molar-refractivity contribution in [3.05, 3.63) is 47.0 Å². The zero-order valence-electron chi connectivity index (χ0n) is 8.14. The zero-order valence-corrected chi connectivity index (χ0v) is 8.96. The third kappa shape index (κ3) is 2.03. The van der Waals surface area contributed by atoms with Gasteiger partial charge in [0.2, 0.25) is 0 Å². The summed E-state index contributed by atoms with van der Waals surface area (Å²) in [4.78, 5) is 0. The zero-order chi connectivity index (χ0) is 10.8. The van der Waals surface area contributed by atoms with Crippen LogP contribution in [0.1, 0.15) is 22.9 Å². The van der Waals surface area contributed by atoms with Gasteiger partial charge in [-0.2, -0.15) is 8.75 Å². The molecule has 0 spiro atoms. The summed E-state index contributed by atoms with van der Waals surface area (Å²) in [5, 5.41) is 0. The molecule has 3 nitrogen and oxygen atoms in total. The molecule has 0 aliphatic heterocycles. The molecule has 0 saturated carbocycles. The molecule has 0 amide bonds. The molecular weight excluding hydrogens is 213 g/mol. The van der Waals surface area contributed by atoms with Gasteiger partial charge in [-0.15, -0.1) is 0 Å². The summed E-state index contributed by atoms with van der Waals surface area (Å²) in [5.74, 6) is -0.250. The molecule has 1 unspecified atom stereocenters. The summed E-state index contributed by atoms with van der Waals surface area (Å²) in [5.41, 5.74) is 8.42. The van der Waals surface area contributed by atoms with Crippen LogP contribution in [0.25, 0.3) is 0 Å². The fraction of sp³-hybridized carbons (Fsp3) is 0.200. The van der Waals surface area contributed by atoms with Crippen LogP contribution in [-0.2, 0) is 0 Å². The molecule has 2 rings (SSSR count). The van der Waals surface area contributed by atoms with Gasteiger partial charge in [0.05, 0.1) is 29.7 Å². The molecule has 0 saturated heterocycles. The molecule has 1 aromatic carbocycles. The number of aryl methyl sites for hydroxylation is 1. The van der Waals surface area contributed by atoms with E-state index in [0.29, 0.717) is 0 Å². The Morgan fingerprint density at radius 2 is 2.27 bits per heavy atom. The lowest BCUT2D eigenvalue weighted by Gasteiger charge is -2.11. The standard InChI is InChI=1S/C10H10FN3S/c1-6-4-7(11)2-3-8(6)10(12)9-5-13-15-14-9/h2-5,10H,12H2,1H3. The summed E-state index contributed by atoms with van der Waals surface area (Å²) in [6.45, 7) is 1.83. The molecule has 15 heavy (non-hydrogen) atoms. The van der Waals surface area contributed by atoms with Gasteiger partial charge in [-0.1, -0.05) is 6.07 Å². The molecule has 0 radical (unpaired) electrons. The first-order valence-corrected chi connectivity index (χ1v) is 5.20. The van der Waals surface area contributed by atoms with Crippen LogP contribution in [0.3, 0.4) is 0 Å². The van der Waals surface area contributed by atoms with Gasteiger partial charge in [0.25, 0.3) is 0 Å². The molecule has 1 atom stereocenters. The number of aromatic nitrogens is 2. The second-order valence-electron chi connectivity index (χ2n) is 3.31. The first-order valence-electron chi connectivity index (χ1n) is 4.47. The molecular formula is C10H10FN3S. The summed E-state index contributed by atoms with van der Waals surface area (Å²) < 4.78 is 20.8. The fourth-order valence-electron chi connectivity index (χ4n) is 1.46. The normalized spacial score (nSPS) is 12.7. The average Bonchev–Trinajstić information content (AvgIpc) is 2.69. The molecule has 0 aliphatic rings. The molecule has 0 fully saturated rings. The Hall–Kier alpha value is -1.33. The Balaban J connectivity index is 2.38. The van der Waals surface area contributed by atoms with Crippen LogP contribution >= 0.6 is 11.7 Å². The van der Waals surface area contributed by atoms with Gasteiger partial charge < -0.3 is 5.73 Å². The fourth-order valence-corrected chi connectivity index (χ4v) is 1.91. The number of nitrogens with zero attached hydrogens (tertiary/aromatic N) is 2. The highest BCUT2D eigenvalue weighted by molar-refractivity contribution is 6.99. The van der Waals surface area contributed by atoms with E-state index in [9.17, 15) is 4.39 Å². The van der Waals surface area contributed by atoms with E-state index in [-0.39, 0.29) is 11.9 Å². The molecule has 78 valence electrons. The maximum Gasteiger partial charge on any atom is 0.123 e. The molecule has 0 aliphatic carbocycles. The number of benzene rings is 1. The van der Waals surface area contributed by atoms with E-state index in [1.54, 1.807) is 12.3 Å². The molecule has 2 aromatic rings. The monoisotopic (exact) mass is 223 g/mol. The minimum atomic E-state index is -0.329. The highest BCUT2D eigenvalue weighted by atomic mass is 32.1. The van der Waals surface area contributed by atoms with Crippen LogP contribution < -0.4 is 5.73 Å². The van der Waals surface area contributed by atoms with E-state index >= 15 is 0 Å². The van der Waals surface area contributed by atoms with Gasteiger partial charge in [-0.05, 0) is 30.2 Å². The van der Waals surface area contributed by atoms with Crippen molar-refractivity contribution in [2.24, 2.45) is 5.73 Å². The molecule has 1 aromatic heterocycles. The predicted octanol–water partition coefficient (Wildman–Crippen LogP) is 2.03. The van der Waals surface area contributed by atoms with E-state index in [4.69, 9.17) is 5.73 Å². The first kappa shape index (κ1) is 10.2. The number of hydrogen-bond donors (Lipinski definition) is 1. The lowest BCUT2D eigenvalue weighted by molar-refractivity contribution is 0.624. The Morgan fingerprint density at radius 3 is 2.87 bits per heavy atom. The van der Waals surface area contributed by atoms with E-state index in [1.807, 2.05) is 6.92 Å². The van der Waals surface area contributed by atoms with Crippen LogP contribution in [0.2, 0.25) is 0 Å². The Labute approximate surface area is 91.1 Å². The van der Waals surface area contributed by atoms with Crippen LogP contribution in [0.4, 0.5) is 4.39 Å². The van der Waals surface area contributed by atoms with Crippen molar-refractivity contribution in [3.8, 4) is 0 Å². The largest absolute Gasteiger partial charge is 0.319 e.